The number of hydrogen-bond acceptors (Lipinski definition) is 4. The fourth-order valence-corrected chi connectivity index (χ4v) is 1.51. The van der Waals surface area contributed by atoms with Gasteiger partial charge in [0.1, 0.15) is 5.75 Å². The van der Waals surface area contributed by atoms with Crippen molar-refractivity contribution in [2.75, 3.05) is 27.4 Å². The largest absolute Gasteiger partial charge is 0.497 e. The highest BCUT2D eigenvalue weighted by Crippen LogP contribution is 2.13. The van der Waals surface area contributed by atoms with Gasteiger partial charge in [0.15, 0.2) is 0 Å². The van der Waals surface area contributed by atoms with E-state index in [-0.39, 0.29) is 19.1 Å². The standard InChI is InChI=1S/C14H19NO4/c1-18-10-12(9-16)15-14(17)7-6-11-4-3-5-13(8-11)19-2/h3-8,12,16H,9-10H2,1-2H3,(H,15,17)/b7-6+. The molecule has 19 heavy (non-hydrogen) atoms. The molecule has 0 aliphatic carbocycles. The van der Waals surface area contributed by atoms with E-state index in [0.29, 0.717) is 0 Å². The van der Waals surface area contributed by atoms with Crippen LogP contribution in [0.5, 0.6) is 5.75 Å². The van der Waals surface area contributed by atoms with E-state index in [9.17, 15) is 4.79 Å². The van der Waals surface area contributed by atoms with Crippen LogP contribution in [0.3, 0.4) is 0 Å². The van der Waals surface area contributed by atoms with E-state index in [2.05, 4.69) is 5.32 Å². The summed E-state index contributed by atoms with van der Waals surface area (Å²) in [6, 6.07) is 6.97. The molecule has 0 bridgehead atoms. The fraction of sp³-hybridized carbons (Fsp3) is 0.357. The normalized spacial score (nSPS) is 12.4. The lowest BCUT2D eigenvalue weighted by Crippen LogP contribution is -2.39. The van der Waals surface area contributed by atoms with Crippen molar-refractivity contribution in [3.63, 3.8) is 0 Å². The van der Waals surface area contributed by atoms with Crippen LogP contribution in [-0.4, -0.2) is 44.5 Å². The van der Waals surface area contributed by atoms with Crippen molar-refractivity contribution in [1.29, 1.82) is 0 Å². The molecule has 1 unspecified atom stereocenters. The first-order valence-electron chi connectivity index (χ1n) is 5.92. The van der Waals surface area contributed by atoms with Crippen LogP contribution in [0.25, 0.3) is 6.08 Å². The quantitative estimate of drug-likeness (QED) is 0.717. The number of carbonyl (C=O) groups is 1. The molecular formula is C14H19NO4. The third kappa shape index (κ3) is 5.54. The smallest absolute Gasteiger partial charge is 0.244 e. The molecule has 1 aromatic carbocycles. The summed E-state index contributed by atoms with van der Waals surface area (Å²) in [5.74, 6) is 0.453. The molecule has 0 saturated carbocycles. The van der Waals surface area contributed by atoms with E-state index < -0.39 is 6.04 Å². The maximum Gasteiger partial charge on any atom is 0.244 e. The van der Waals surface area contributed by atoms with Gasteiger partial charge in [0.2, 0.25) is 5.91 Å². The Bertz CT molecular complexity index is 431. The van der Waals surface area contributed by atoms with E-state index in [1.807, 2.05) is 24.3 Å². The Balaban J connectivity index is 2.57. The van der Waals surface area contributed by atoms with E-state index in [1.165, 1.54) is 13.2 Å². The minimum absolute atomic E-state index is 0.160. The Labute approximate surface area is 112 Å². The van der Waals surface area contributed by atoms with Gasteiger partial charge in [-0.15, -0.1) is 0 Å². The lowest BCUT2D eigenvalue weighted by atomic mass is 10.2. The van der Waals surface area contributed by atoms with Gasteiger partial charge < -0.3 is 19.9 Å². The second-order valence-corrected chi connectivity index (χ2v) is 3.95. The van der Waals surface area contributed by atoms with Gasteiger partial charge in [-0.05, 0) is 23.8 Å². The summed E-state index contributed by atoms with van der Waals surface area (Å²) < 4.78 is 9.96. The van der Waals surface area contributed by atoms with Gasteiger partial charge in [0.05, 0.1) is 26.4 Å². The van der Waals surface area contributed by atoms with Crippen LogP contribution in [0.2, 0.25) is 0 Å². The van der Waals surface area contributed by atoms with E-state index >= 15 is 0 Å². The predicted molar refractivity (Wildman–Crippen MR) is 72.9 cm³/mol. The Morgan fingerprint density at radius 1 is 1.47 bits per heavy atom. The van der Waals surface area contributed by atoms with Crippen LogP contribution in [-0.2, 0) is 9.53 Å². The van der Waals surface area contributed by atoms with Crippen LogP contribution in [0.1, 0.15) is 5.56 Å². The molecule has 0 heterocycles. The van der Waals surface area contributed by atoms with E-state index in [1.54, 1.807) is 13.2 Å². The Morgan fingerprint density at radius 3 is 2.89 bits per heavy atom. The lowest BCUT2D eigenvalue weighted by Gasteiger charge is -2.13. The maximum absolute atomic E-state index is 11.6. The van der Waals surface area contributed by atoms with Crippen molar-refractivity contribution in [3.8, 4) is 5.75 Å². The van der Waals surface area contributed by atoms with Crippen LogP contribution >= 0.6 is 0 Å². The van der Waals surface area contributed by atoms with Crippen molar-refractivity contribution in [2.45, 2.75) is 6.04 Å². The average molecular weight is 265 g/mol. The zero-order chi connectivity index (χ0) is 14.1. The molecule has 0 radical (unpaired) electrons. The third-order valence-corrected chi connectivity index (χ3v) is 2.46. The number of methoxy groups -OCH3 is 2. The van der Waals surface area contributed by atoms with Crippen molar-refractivity contribution >= 4 is 12.0 Å². The molecule has 0 saturated heterocycles. The van der Waals surface area contributed by atoms with Crippen LogP contribution in [0.4, 0.5) is 0 Å². The molecule has 1 amide bonds. The van der Waals surface area contributed by atoms with E-state index in [4.69, 9.17) is 14.6 Å². The minimum atomic E-state index is -0.396. The topological polar surface area (TPSA) is 67.8 Å². The summed E-state index contributed by atoms with van der Waals surface area (Å²) in [5.41, 5.74) is 0.863. The van der Waals surface area contributed by atoms with Crippen molar-refractivity contribution < 1.29 is 19.4 Å². The number of ether oxygens (including phenoxy) is 2. The fourth-order valence-electron chi connectivity index (χ4n) is 1.51. The van der Waals surface area contributed by atoms with Gasteiger partial charge in [-0.2, -0.15) is 0 Å². The maximum atomic E-state index is 11.6. The molecule has 0 aliphatic rings. The number of rotatable bonds is 7. The highest BCUT2D eigenvalue weighted by molar-refractivity contribution is 5.91. The second kappa shape index (κ2) is 8.29. The van der Waals surface area contributed by atoms with Gasteiger partial charge in [0.25, 0.3) is 0 Å². The SMILES string of the molecule is COCC(CO)NC(=O)/C=C/c1cccc(OC)c1. The molecular weight excluding hydrogens is 246 g/mol. The number of carbonyl (C=O) groups excluding carboxylic acids is 1. The van der Waals surface area contributed by atoms with Gasteiger partial charge in [0, 0.05) is 13.2 Å². The first-order chi connectivity index (χ1) is 9.19. The number of amides is 1. The molecule has 1 aromatic rings. The number of benzene rings is 1. The molecule has 2 N–H and O–H groups in total. The lowest BCUT2D eigenvalue weighted by molar-refractivity contribution is -0.117. The van der Waals surface area contributed by atoms with Crippen molar-refractivity contribution in [3.05, 3.63) is 35.9 Å². The van der Waals surface area contributed by atoms with Crippen molar-refractivity contribution in [1.82, 2.24) is 5.32 Å². The van der Waals surface area contributed by atoms with Crippen LogP contribution in [0, 0.1) is 0 Å². The molecule has 1 rings (SSSR count). The molecule has 5 heteroatoms. The number of aliphatic hydroxyl groups is 1. The summed E-state index contributed by atoms with van der Waals surface area (Å²) in [7, 11) is 3.10. The van der Waals surface area contributed by atoms with Gasteiger partial charge in [-0.25, -0.2) is 0 Å². The molecule has 5 nitrogen and oxygen atoms in total. The average Bonchev–Trinajstić information content (AvgIpc) is 2.45. The Hall–Kier alpha value is -1.85. The summed E-state index contributed by atoms with van der Waals surface area (Å²) >= 11 is 0. The molecule has 104 valence electrons. The van der Waals surface area contributed by atoms with Crippen LogP contribution < -0.4 is 10.1 Å². The van der Waals surface area contributed by atoms with Gasteiger partial charge >= 0.3 is 0 Å². The zero-order valence-electron chi connectivity index (χ0n) is 11.1. The summed E-state index contributed by atoms with van der Waals surface area (Å²) in [4.78, 5) is 11.6. The first kappa shape index (κ1) is 15.2. The summed E-state index contributed by atoms with van der Waals surface area (Å²) in [6.45, 7) is 0.113. The number of nitrogens with one attached hydrogen (secondary N) is 1. The van der Waals surface area contributed by atoms with Gasteiger partial charge in [-0.1, -0.05) is 12.1 Å². The van der Waals surface area contributed by atoms with Crippen LogP contribution in [0.15, 0.2) is 30.3 Å². The molecule has 1 atom stereocenters. The minimum Gasteiger partial charge on any atom is -0.497 e. The monoisotopic (exact) mass is 265 g/mol. The molecule has 0 aromatic heterocycles. The highest BCUT2D eigenvalue weighted by atomic mass is 16.5. The highest BCUT2D eigenvalue weighted by Gasteiger charge is 2.08. The Kier molecular flexibility index (Phi) is 6.63. The van der Waals surface area contributed by atoms with E-state index in [0.717, 1.165) is 11.3 Å². The molecule has 0 aliphatic heterocycles. The van der Waals surface area contributed by atoms with Gasteiger partial charge in [-0.3, -0.25) is 4.79 Å². The third-order valence-electron chi connectivity index (χ3n) is 2.46. The molecule has 0 fully saturated rings. The Morgan fingerprint density at radius 2 is 2.26 bits per heavy atom. The zero-order valence-corrected chi connectivity index (χ0v) is 11.1. The number of hydrogen-bond donors (Lipinski definition) is 2. The molecule has 0 spiro atoms. The number of aliphatic hydroxyl groups excluding tert-OH is 1. The summed E-state index contributed by atoms with van der Waals surface area (Å²) in [6.07, 6.45) is 3.09. The second-order valence-electron chi connectivity index (χ2n) is 3.95. The predicted octanol–water partition coefficient (Wildman–Crippen LogP) is 0.832. The first-order valence-corrected chi connectivity index (χ1v) is 5.92. The van der Waals surface area contributed by atoms with Crippen molar-refractivity contribution in [2.24, 2.45) is 0 Å². The summed E-state index contributed by atoms with van der Waals surface area (Å²) in [5, 5.41) is 11.7.